The Labute approximate surface area is 466 Å². The molecule has 0 spiro atoms. The van der Waals surface area contributed by atoms with Gasteiger partial charge in [-0.05, 0) is 87.6 Å². The maximum Gasteiger partial charge on any atom is 0.326 e. The summed E-state index contributed by atoms with van der Waals surface area (Å²) in [5.74, 6) is -12.6. The van der Waals surface area contributed by atoms with Gasteiger partial charge >= 0.3 is 17.9 Å². The van der Waals surface area contributed by atoms with Crippen molar-refractivity contribution in [2.24, 2.45) is 45.7 Å². The van der Waals surface area contributed by atoms with E-state index in [0.29, 0.717) is 18.4 Å². The second-order valence-electron chi connectivity index (χ2n) is 20.5. The van der Waals surface area contributed by atoms with Gasteiger partial charge in [0.05, 0.1) is 6.61 Å². The molecular formula is C52H87N13O15. The van der Waals surface area contributed by atoms with E-state index in [2.05, 4.69) is 47.5 Å². The van der Waals surface area contributed by atoms with Crippen LogP contribution in [-0.4, -0.2) is 166 Å². The molecule has 0 unspecified atom stereocenters. The standard InChI is InChI=1S/C52H87N13O15/c1-7-30(6)42(51(79)80)65-47(75)34(17-13-23-57-52(55)56)60-44(72)33(16-11-12-22-53)59-45(73)36(19-21-41(69)70)61-48(76)37(24-28(2)3)62-49(77)38(25-29(4)5)63-50(78)39(26-31-14-9-8-10-15-31)64-46(74)35(18-20-40(67)68)58-43(71)32(54)27-66/h8-10,14-15,28-30,32-39,42,66H,7,11-13,16-27,53-54H2,1-6H3,(H,58,71)(H,59,73)(H,60,72)(H,61,76)(H,62,77)(H,63,78)(H,64,74)(H,65,75)(H,67,68)(H,69,70)(H,79,80)(H4,55,56,57)/t30-,32-,33-,34-,35-,36-,37-,38-,39-,42-/m0/s1. The van der Waals surface area contributed by atoms with E-state index in [1.54, 1.807) is 71.9 Å². The molecule has 20 N–H and O–H groups in total. The number of guanidine groups is 1. The molecule has 10 atom stereocenters. The summed E-state index contributed by atoms with van der Waals surface area (Å²) in [7, 11) is 0. The third-order valence-electron chi connectivity index (χ3n) is 12.6. The number of carbonyl (C=O) groups excluding carboxylic acids is 8. The summed E-state index contributed by atoms with van der Waals surface area (Å²) in [6, 6.07) is -4.50. The Morgan fingerprint density at radius 1 is 0.525 bits per heavy atom. The van der Waals surface area contributed by atoms with E-state index in [0.717, 1.165) is 0 Å². The zero-order valence-electron chi connectivity index (χ0n) is 46.7. The Kier molecular flexibility index (Phi) is 33.0. The van der Waals surface area contributed by atoms with E-state index in [4.69, 9.17) is 22.9 Å². The minimum atomic E-state index is -1.63. The molecule has 0 radical (unpaired) electrons. The van der Waals surface area contributed by atoms with Crippen molar-refractivity contribution in [2.45, 2.75) is 179 Å². The van der Waals surface area contributed by atoms with Crippen molar-refractivity contribution in [3.05, 3.63) is 35.9 Å². The smallest absolute Gasteiger partial charge is 0.326 e. The molecule has 0 aliphatic carbocycles. The number of nitrogens with one attached hydrogen (secondary N) is 8. The van der Waals surface area contributed by atoms with Crippen LogP contribution >= 0.6 is 0 Å². The lowest BCUT2D eigenvalue weighted by Crippen LogP contribution is -2.61. The number of carboxylic acid groups (broad SMARTS) is 3. The Morgan fingerprint density at radius 3 is 1.31 bits per heavy atom. The van der Waals surface area contributed by atoms with Gasteiger partial charge in [0.2, 0.25) is 47.3 Å². The zero-order valence-corrected chi connectivity index (χ0v) is 46.7. The molecule has 80 heavy (non-hydrogen) atoms. The van der Waals surface area contributed by atoms with Gasteiger partial charge in [-0.3, -0.25) is 52.9 Å². The maximum absolute atomic E-state index is 14.3. The van der Waals surface area contributed by atoms with Crippen molar-refractivity contribution in [1.82, 2.24) is 42.5 Å². The number of amides is 8. The van der Waals surface area contributed by atoms with Crippen LogP contribution in [-0.2, 0) is 59.2 Å². The zero-order chi connectivity index (χ0) is 60.6. The number of carbonyl (C=O) groups is 11. The summed E-state index contributed by atoms with van der Waals surface area (Å²) in [5, 5.41) is 58.7. The molecule has 0 saturated heterocycles. The number of benzene rings is 1. The van der Waals surface area contributed by atoms with Crippen LogP contribution in [0.15, 0.2) is 35.3 Å². The molecule has 0 heterocycles. The van der Waals surface area contributed by atoms with Gasteiger partial charge in [-0.1, -0.05) is 78.3 Å². The van der Waals surface area contributed by atoms with Gasteiger partial charge in [-0.15, -0.1) is 0 Å². The number of carboxylic acids is 3. The summed E-state index contributed by atoms with van der Waals surface area (Å²) in [6.07, 6.45) is -1.25. The van der Waals surface area contributed by atoms with Gasteiger partial charge in [0, 0.05) is 25.8 Å². The first-order valence-corrected chi connectivity index (χ1v) is 26.9. The van der Waals surface area contributed by atoms with Gasteiger partial charge < -0.3 is 85.9 Å². The first kappa shape index (κ1) is 70.6. The summed E-state index contributed by atoms with van der Waals surface area (Å²) >= 11 is 0. The van der Waals surface area contributed by atoms with Gasteiger partial charge in [0.15, 0.2) is 5.96 Å². The normalized spacial score (nSPS) is 14.9. The van der Waals surface area contributed by atoms with Gasteiger partial charge in [-0.25, -0.2) is 4.79 Å². The lowest BCUT2D eigenvalue weighted by Gasteiger charge is -2.29. The molecule has 28 nitrogen and oxygen atoms in total. The molecule has 8 amide bonds. The highest BCUT2D eigenvalue weighted by Crippen LogP contribution is 2.14. The Morgan fingerprint density at radius 2 is 0.912 bits per heavy atom. The number of hydrogen-bond acceptors (Lipinski definition) is 15. The third-order valence-corrected chi connectivity index (χ3v) is 12.6. The molecule has 450 valence electrons. The van der Waals surface area contributed by atoms with E-state index >= 15 is 0 Å². The van der Waals surface area contributed by atoms with Crippen LogP contribution in [0.25, 0.3) is 0 Å². The van der Waals surface area contributed by atoms with Crippen LogP contribution in [0.4, 0.5) is 0 Å². The SMILES string of the molecule is CC[C@H](C)[C@H](NC(=O)[C@H](CCCN=C(N)N)NC(=O)[C@H](CCCCN)NC(=O)[C@H](CCC(=O)O)NC(=O)[C@H](CC(C)C)NC(=O)[C@H](CC(C)C)NC(=O)[C@H](Cc1ccccc1)NC(=O)[C@H](CCC(=O)O)NC(=O)[C@@H](N)CO)C(=O)O. The quantitative estimate of drug-likeness (QED) is 0.0184. The third kappa shape index (κ3) is 27.9. The Hall–Kier alpha value is -7.46. The number of aliphatic hydroxyl groups is 1. The molecule has 0 aromatic heterocycles. The highest BCUT2D eigenvalue weighted by Gasteiger charge is 2.36. The number of nitrogens with two attached hydrogens (primary N) is 4. The molecule has 28 heteroatoms. The fourth-order valence-corrected chi connectivity index (χ4v) is 8.00. The number of aliphatic carboxylic acids is 3. The van der Waals surface area contributed by atoms with Crippen molar-refractivity contribution in [2.75, 3.05) is 19.7 Å². The molecule has 0 aliphatic rings. The van der Waals surface area contributed by atoms with E-state index in [9.17, 15) is 73.2 Å². The molecule has 0 saturated carbocycles. The predicted molar refractivity (Wildman–Crippen MR) is 293 cm³/mol. The van der Waals surface area contributed by atoms with Crippen molar-refractivity contribution in [3.8, 4) is 0 Å². The second kappa shape index (κ2) is 37.4. The monoisotopic (exact) mass is 1130 g/mol. The van der Waals surface area contributed by atoms with Crippen molar-refractivity contribution < 1.29 is 73.2 Å². The van der Waals surface area contributed by atoms with Gasteiger partial charge in [0.1, 0.15) is 54.4 Å². The molecule has 1 aromatic rings. The van der Waals surface area contributed by atoms with Crippen LogP contribution in [0, 0.1) is 17.8 Å². The molecule has 1 rings (SSSR count). The topological polar surface area (TPSA) is 481 Å². The summed E-state index contributed by atoms with van der Waals surface area (Å²) in [5.41, 5.74) is 22.8. The summed E-state index contributed by atoms with van der Waals surface area (Å²) < 4.78 is 0. The van der Waals surface area contributed by atoms with E-state index in [-0.39, 0.29) is 75.8 Å². The van der Waals surface area contributed by atoms with Gasteiger partial charge in [0.25, 0.3) is 0 Å². The van der Waals surface area contributed by atoms with Crippen LogP contribution in [0.5, 0.6) is 0 Å². The predicted octanol–water partition coefficient (Wildman–Crippen LogP) is -2.44. The number of aliphatic imine (C=N–C) groups is 1. The highest BCUT2D eigenvalue weighted by molar-refractivity contribution is 5.98. The molecule has 0 bridgehead atoms. The summed E-state index contributed by atoms with van der Waals surface area (Å²) in [6.45, 7) is 9.81. The minimum absolute atomic E-state index is 0.00995. The van der Waals surface area contributed by atoms with Crippen molar-refractivity contribution in [3.63, 3.8) is 0 Å². The van der Waals surface area contributed by atoms with Crippen LogP contribution in [0.3, 0.4) is 0 Å². The van der Waals surface area contributed by atoms with E-state index < -0.39 is 158 Å². The first-order valence-electron chi connectivity index (χ1n) is 26.9. The fraction of sp³-hybridized carbons (Fsp3) is 0.654. The first-order chi connectivity index (χ1) is 37.6. The lowest BCUT2D eigenvalue weighted by molar-refractivity contribution is -0.144. The highest BCUT2D eigenvalue weighted by atomic mass is 16.4. The van der Waals surface area contributed by atoms with Crippen molar-refractivity contribution >= 4 is 71.1 Å². The van der Waals surface area contributed by atoms with Crippen molar-refractivity contribution in [1.29, 1.82) is 0 Å². The minimum Gasteiger partial charge on any atom is -0.481 e. The average Bonchev–Trinajstić information content (AvgIpc) is 3.39. The lowest BCUT2D eigenvalue weighted by atomic mass is 9.98. The Balaban J connectivity index is 3.64. The van der Waals surface area contributed by atoms with Crippen LogP contribution < -0.4 is 65.5 Å². The van der Waals surface area contributed by atoms with Crippen LogP contribution in [0.1, 0.15) is 124 Å². The number of aliphatic hydroxyl groups excluding tert-OH is 1. The van der Waals surface area contributed by atoms with E-state index in [1.807, 2.05) is 0 Å². The van der Waals surface area contributed by atoms with Gasteiger partial charge in [-0.2, -0.15) is 0 Å². The molecule has 1 aromatic carbocycles. The van der Waals surface area contributed by atoms with Crippen LogP contribution in [0.2, 0.25) is 0 Å². The fourth-order valence-electron chi connectivity index (χ4n) is 8.00. The summed E-state index contributed by atoms with van der Waals surface area (Å²) in [4.78, 5) is 151. The number of hydrogen-bond donors (Lipinski definition) is 16. The molecule has 0 aliphatic heterocycles. The molecular weight excluding hydrogens is 1050 g/mol. The maximum atomic E-state index is 14.3. The second-order valence-corrected chi connectivity index (χ2v) is 20.5. The number of unbranched alkanes of at least 4 members (excludes halogenated alkanes) is 1. The number of rotatable bonds is 40. The van der Waals surface area contributed by atoms with E-state index in [1.165, 1.54) is 0 Å². The average molecular weight is 1130 g/mol. The number of nitrogens with zero attached hydrogens (tertiary/aromatic N) is 1. The largest absolute Gasteiger partial charge is 0.481 e. The Bertz CT molecular complexity index is 2230. The molecule has 0 fully saturated rings.